The zero-order valence-electron chi connectivity index (χ0n) is 8.58. The Labute approximate surface area is 88.3 Å². The Morgan fingerprint density at radius 1 is 1.40 bits per heavy atom. The van der Waals surface area contributed by atoms with Crippen molar-refractivity contribution in [2.24, 2.45) is 0 Å². The van der Waals surface area contributed by atoms with Crippen LogP contribution in [0.2, 0.25) is 0 Å². The van der Waals surface area contributed by atoms with E-state index in [0.29, 0.717) is 0 Å². The molecule has 1 aromatic rings. The number of methoxy groups -OCH3 is 1. The van der Waals surface area contributed by atoms with Gasteiger partial charge in [-0.3, -0.25) is 9.36 Å². The van der Waals surface area contributed by atoms with Crippen LogP contribution in [0.5, 0.6) is 0 Å². The zero-order chi connectivity index (χ0) is 11.5. The summed E-state index contributed by atoms with van der Waals surface area (Å²) in [6.07, 6.45) is 0. The van der Waals surface area contributed by atoms with Gasteiger partial charge < -0.3 is 9.63 Å². The largest absolute Gasteiger partial charge is 0.468 e. The van der Waals surface area contributed by atoms with E-state index in [-0.39, 0.29) is 5.30 Å². The van der Waals surface area contributed by atoms with Crippen molar-refractivity contribution < 1.29 is 19.0 Å². The minimum Gasteiger partial charge on any atom is -0.468 e. The molecule has 0 heterocycles. The minimum atomic E-state index is -3.68. The predicted molar refractivity (Wildman–Crippen MR) is 57.4 cm³/mol. The van der Waals surface area contributed by atoms with Gasteiger partial charge in [0.2, 0.25) is 7.37 Å². The smallest absolute Gasteiger partial charge is 0.318 e. The summed E-state index contributed by atoms with van der Waals surface area (Å²) in [7, 11) is -2.48. The summed E-state index contributed by atoms with van der Waals surface area (Å²) in [5, 5.41) is 0.267. The van der Waals surface area contributed by atoms with E-state index in [2.05, 4.69) is 4.74 Å². The van der Waals surface area contributed by atoms with Crippen LogP contribution in [0.4, 0.5) is 0 Å². The molecule has 0 aliphatic carbocycles. The number of carbonyl (C=O) groups is 1. The third-order valence-corrected chi connectivity index (χ3v) is 4.49. The van der Waals surface area contributed by atoms with Crippen LogP contribution >= 0.6 is 7.37 Å². The van der Waals surface area contributed by atoms with Crippen LogP contribution in [0.25, 0.3) is 0 Å². The van der Waals surface area contributed by atoms with Gasteiger partial charge >= 0.3 is 5.97 Å². The summed E-state index contributed by atoms with van der Waals surface area (Å²) >= 11 is 0. The molecule has 0 aromatic heterocycles. The Morgan fingerprint density at radius 2 is 1.93 bits per heavy atom. The van der Waals surface area contributed by atoms with E-state index in [0.717, 1.165) is 0 Å². The molecule has 1 rings (SSSR count). The molecule has 0 bridgehead atoms. The fourth-order valence-corrected chi connectivity index (χ4v) is 2.62. The quantitative estimate of drug-likeness (QED) is 0.622. The molecule has 0 amide bonds. The van der Waals surface area contributed by atoms with Crippen molar-refractivity contribution in [3.05, 3.63) is 30.3 Å². The van der Waals surface area contributed by atoms with Gasteiger partial charge in [-0.1, -0.05) is 18.2 Å². The molecule has 0 saturated heterocycles. The summed E-state index contributed by atoms with van der Waals surface area (Å²) in [5.41, 5.74) is -1.04. The first-order valence-corrected chi connectivity index (χ1v) is 6.19. The minimum absolute atomic E-state index is 0.267. The third-order valence-electron chi connectivity index (χ3n) is 2.19. The number of hydrogen-bond donors (Lipinski definition) is 1. The number of rotatable bonds is 3. The molecular weight excluding hydrogens is 215 g/mol. The highest BCUT2D eigenvalue weighted by Gasteiger charge is 2.35. The van der Waals surface area contributed by atoms with Crippen molar-refractivity contribution in [2.75, 3.05) is 7.11 Å². The topological polar surface area (TPSA) is 63.6 Å². The van der Waals surface area contributed by atoms with E-state index < -0.39 is 19.0 Å². The van der Waals surface area contributed by atoms with Gasteiger partial charge in [0.25, 0.3) is 0 Å². The molecule has 0 fully saturated rings. The Kier molecular flexibility index (Phi) is 3.66. The summed E-state index contributed by atoms with van der Waals surface area (Å²) in [6.45, 7) is 1.39. The van der Waals surface area contributed by atoms with E-state index in [1.807, 2.05) is 0 Å². The second kappa shape index (κ2) is 4.60. The highest BCUT2D eigenvalue weighted by atomic mass is 31.2. The van der Waals surface area contributed by atoms with Crippen molar-refractivity contribution >= 4 is 18.6 Å². The molecule has 4 nitrogen and oxygen atoms in total. The van der Waals surface area contributed by atoms with E-state index in [1.54, 1.807) is 18.2 Å². The van der Waals surface area contributed by atoms with E-state index >= 15 is 0 Å². The van der Waals surface area contributed by atoms with Crippen LogP contribution in [0.3, 0.4) is 0 Å². The van der Waals surface area contributed by atoms with Crippen LogP contribution in [-0.2, 0) is 14.1 Å². The first-order valence-electron chi connectivity index (χ1n) is 4.46. The summed E-state index contributed by atoms with van der Waals surface area (Å²) in [5.74, 6) is -0.676. The summed E-state index contributed by atoms with van der Waals surface area (Å²) < 4.78 is 16.4. The third kappa shape index (κ3) is 2.46. The van der Waals surface area contributed by atoms with Gasteiger partial charge in [-0.25, -0.2) is 0 Å². The first kappa shape index (κ1) is 12.0. The predicted octanol–water partition coefficient (Wildman–Crippen LogP) is 1.14. The lowest BCUT2D eigenvalue weighted by molar-refractivity contribution is -0.139. The van der Waals surface area contributed by atoms with Crippen molar-refractivity contribution in [3.63, 3.8) is 0 Å². The van der Waals surface area contributed by atoms with Gasteiger partial charge in [0.05, 0.1) is 7.11 Å². The second-order valence-electron chi connectivity index (χ2n) is 3.16. The van der Waals surface area contributed by atoms with Crippen molar-refractivity contribution in [1.82, 2.24) is 0 Å². The van der Waals surface area contributed by atoms with E-state index in [4.69, 9.17) is 0 Å². The van der Waals surface area contributed by atoms with Crippen molar-refractivity contribution in [1.29, 1.82) is 0 Å². The van der Waals surface area contributed by atoms with Crippen LogP contribution < -0.4 is 5.30 Å². The molecule has 1 aromatic carbocycles. The Morgan fingerprint density at radius 3 is 2.40 bits per heavy atom. The standard InChI is InChI=1S/C10H13O4P/c1-8(10(11)14-2)15(12,13)9-6-4-3-5-7-9/h3-8H,1-2H3,(H,12,13). The van der Waals surface area contributed by atoms with Gasteiger partial charge in [-0.2, -0.15) is 0 Å². The molecule has 2 unspecified atom stereocenters. The Balaban J connectivity index is 3.03. The van der Waals surface area contributed by atoms with Crippen LogP contribution in [0.1, 0.15) is 6.92 Å². The average Bonchev–Trinajstić information content (AvgIpc) is 2.28. The number of ether oxygens (including phenoxy) is 1. The molecule has 0 radical (unpaired) electrons. The summed E-state index contributed by atoms with van der Waals surface area (Å²) in [4.78, 5) is 21.0. The normalized spacial score (nSPS) is 16.5. The van der Waals surface area contributed by atoms with Crippen LogP contribution in [0, 0.1) is 0 Å². The maximum absolute atomic E-state index is 12.0. The lowest BCUT2D eigenvalue weighted by Crippen LogP contribution is -2.24. The highest BCUT2D eigenvalue weighted by molar-refractivity contribution is 7.67. The van der Waals surface area contributed by atoms with Crippen LogP contribution in [-0.4, -0.2) is 23.6 Å². The van der Waals surface area contributed by atoms with Gasteiger partial charge in [-0.05, 0) is 19.1 Å². The average molecular weight is 228 g/mol. The van der Waals surface area contributed by atoms with Crippen molar-refractivity contribution in [2.45, 2.75) is 12.6 Å². The van der Waals surface area contributed by atoms with Gasteiger partial charge in [0.15, 0.2) is 0 Å². The fourth-order valence-electron chi connectivity index (χ4n) is 1.18. The lowest BCUT2D eigenvalue weighted by atomic mass is 10.4. The van der Waals surface area contributed by atoms with Crippen molar-refractivity contribution in [3.8, 4) is 0 Å². The number of benzene rings is 1. The molecule has 0 aliphatic heterocycles. The molecule has 0 saturated carbocycles. The first-order chi connectivity index (χ1) is 7.00. The number of hydrogen-bond acceptors (Lipinski definition) is 3. The molecule has 82 valence electrons. The van der Waals surface area contributed by atoms with Crippen LogP contribution in [0.15, 0.2) is 30.3 Å². The SMILES string of the molecule is COC(=O)C(C)P(=O)(O)c1ccccc1. The van der Waals surface area contributed by atoms with Gasteiger partial charge in [0.1, 0.15) is 5.66 Å². The molecule has 15 heavy (non-hydrogen) atoms. The van der Waals surface area contributed by atoms with Gasteiger partial charge in [0, 0.05) is 5.30 Å². The maximum atomic E-state index is 12.0. The molecule has 5 heteroatoms. The fraction of sp³-hybridized carbons (Fsp3) is 0.300. The molecule has 2 atom stereocenters. The molecule has 1 N–H and O–H groups in total. The Bertz CT molecular complexity index is 388. The maximum Gasteiger partial charge on any atom is 0.318 e. The summed E-state index contributed by atoms with van der Waals surface area (Å²) in [6, 6.07) is 8.11. The zero-order valence-corrected chi connectivity index (χ0v) is 9.48. The highest BCUT2D eigenvalue weighted by Crippen LogP contribution is 2.45. The molecule has 0 spiro atoms. The Hall–Kier alpha value is -1.12. The monoisotopic (exact) mass is 228 g/mol. The second-order valence-corrected chi connectivity index (χ2v) is 5.69. The lowest BCUT2D eigenvalue weighted by Gasteiger charge is -2.17. The molecule has 0 aliphatic rings. The molecular formula is C10H13O4P. The van der Waals surface area contributed by atoms with Gasteiger partial charge in [-0.15, -0.1) is 0 Å². The number of carbonyl (C=O) groups excluding carboxylic acids is 1. The van der Waals surface area contributed by atoms with E-state index in [9.17, 15) is 14.3 Å². The van der Waals surface area contributed by atoms with E-state index in [1.165, 1.54) is 26.2 Å². The number of esters is 1.